The topological polar surface area (TPSA) is 48.2 Å². The van der Waals surface area contributed by atoms with E-state index in [1.807, 2.05) is 24.3 Å². The molecule has 0 aliphatic carbocycles. The van der Waals surface area contributed by atoms with Crippen LogP contribution in [0.4, 0.5) is 0 Å². The summed E-state index contributed by atoms with van der Waals surface area (Å²) < 4.78 is 10.6. The van der Waals surface area contributed by atoms with Crippen molar-refractivity contribution < 1.29 is 9.26 Å². The molecule has 16 heavy (non-hydrogen) atoms. The Balaban J connectivity index is 2.32. The standard InChI is InChI=1S/C12H14N2O2/c1-3-8-15-11-7-5-4-6-10(11)12-13-9(2)16-14-12/h4-7H,3,8H2,1-2H3. The fourth-order valence-corrected chi connectivity index (χ4v) is 1.40. The lowest BCUT2D eigenvalue weighted by atomic mass is 10.2. The molecule has 4 nitrogen and oxygen atoms in total. The van der Waals surface area contributed by atoms with E-state index in [1.54, 1.807) is 6.92 Å². The van der Waals surface area contributed by atoms with E-state index in [2.05, 4.69) is 17.1 Å². The maximum Gasteiger partial charge on any atom is 0.223 e. The molecule has 0 N–H and O–H groups in total. The van der Waals surface area contributed by atoms with E-state index in [0.717, 1.165) is 17.7 Å². The van der Waals surface area contributed by atoms with Gasteiger partial charge in [-0.15, -0.1) is 0 Å². The van der Waals surface area contributed by atoms with Gasteiger partial charge in [-0.3, -0.25) is 0 Å². The van der Waals surface area contributed by atoms with Gasteiger partial charge in [0, 0.05) is 6.92 Å². The summed E-state index contributed by atoms with van der Waals surface area (Å²) in [6.45, 7) is 4.53. The van der Waals surface area contributed by atoms with Crippen LogP contribution in [0, 0.1) is 6.92 Å². The average Bonchev–Trinajstić information content (AvgIpc) is 2.73. The minimum absolute atomic E-state index is 0.556. The van der Waals surface area contributed by atoms with Crippen LogP contribution in [0.1, 0.15) is 19.2 Å². The third-order valence-corrected chi connectivity index (χ3v) is 2.12. The van der Waals surface area contributed by atoms with Gasteiger partial charge in [-0.25, -0.2) is 0 Å². The minimum atomic E-state index is 0.556. The highest BCUT2D eigenvalue weighted by Gasteiger charge is 2.10. The maximum atomic E-state index is 5.63. The Kier molecular flexibility index (Phi) is 3.19. The first-order valence-electron chi connectivity index (χ1n) is 5.33. The van der Waals surface area contributed by atoms with Crippen LogP contribution in [0.15, 0.2) is 28.8 Å². The summed E-state index contributed by atoms with van der Waals surface area (Å²) in [5, 5.41) is 3.89. The Morgan fingerprint density at radius 3 is 2.81 bits per heavy atom. The van der Waals surface area contributed by atoms with Crippen molar-refractivity contribution in [2.75, 3.05) is 6.61 Å². The highest BCUT2D eigenvalue weighted by atomic mass is 16.5. The largest absolute Gasteiger partial charge is 0.493 e. The Morgan fingerprint density at radius 1 is 1.31 bits per heavy atom. The van der Waals surface area contributed by atoms with Crippen molar-refractivity contribution >= 4 is 0 Å². The molecule has 0 saturated heterocycles. The fraction of sp³-hybridized carbons (Fsp3) is 0.333. The molecule has 84 valence electrons. The summed E-state index contributed by atoms with van der Waals surface area (Å²) in [5.74, 6) is 1.93. The number of aromatic nitrogens is 2. The lowest BCUT2D eigenvalue weighted by Gasteiger charge is -2.07. The third kappa shape index (κ3) is 2.21. The molecule has 1 aromatic carbocycles. The molecule has 0 spiro atoms. The van der Waals surface area contributed by atoms with Crippen LogP contribution in [-0.2, 0) is 0 Å². The normalized spacial score (nSPS) is 10.4. The Bertz CT molecular complexity index is 466. The summed E-state index contributed by atoms with van der Waals surface area (Å²) >= 11 is 0. The molecule has 0 saturated carbocycles. The van der Waals surface area contributed by atoms with Crippen molar-refractivity contribution in [2.45, 2.75) is 20.3 Å². The molecule has 0 atom stereocenters. The zero-order valence-electron chi connectivity index (χ0n) is 9.43. The molecule has 0 bridgehead atoms. The fourth-order valence-electron chi connectivity index (χ4n) is 1.40. The second-order valence-electron chi connectivity index (χ2n) is 3.48. The van der Waals surface area contributed by atoms with Crippen LogP contribution >= 0.6 is 0 Å². The molecule has 0 radical (unpaired) electrons. The van der Waals surface area contributed by atoms with E-state index >= 15 is 0 Å². The molecular formula is C12H14N2O2. The highest BCUT2D eigenvalue weighted by molar-refractivity contribution is 5.63. The number of hydrogen-bond acceptors (Lipinski definition) is 4. The second kappa shape index (κ2) is 4.79. The molecule has 0 fully saturated rings. The number of ether oxygens (including phenoxy) is 1. The van der Waals surface area contributed by atoms with Gasteiger partial charge in [0.15, 0.2) is 0 Å². The summed E-state index contributed by atoms with van der Waals surface area (Å²) in [7, 11) is 0. The average molecular weight is 218 g/mol. The third-order valence-electron chi connectivity index (χ3n) is 2.12. The first kappa shape index (κ1) is 10.7. The molecule has 1 aromatic heterocycles. The molecule has 2 rings (SSSR count). The van der Waals surface area contributed by atoms with Crippen molar-refractivity contribution in [3.63, 3.8) is 0 Å². The van der Waals surface area contributed by atoms with E-state index in [0.29, 0.717) is 18.3 Å². The van der Waals surface area contributed by atoms with Crippen molar-refractivity contribution in [1.29, 1.82) is 0 Å². The van der Waals surface area contributed by atoms with Gasteiger partial charge in [-0.1, -0.05) is 24.2 Å². The van der Waals surface area contributed by atoms with Gasteiger partial charge in [0.2, 0.25) is 11.7 Å². The molecular weight excluding hydrogens is 204 g/mol. The zero-order chi connectivity index (χ0) is 11.4. The monoisotopic (exact) mass is 218 g/mol. The number of hydrogen-bond donors (Lipinski definition) is 0. The molecule has 1 heterocycles. The molecule has 4 heteroatoms. The predicted molar refractivity (Wildman–Crippen MR) is 60.3 cm³/mol. The van der Waals surface area contributed by atoms with Crippen LogP contribution < -0.4 is 4.74 Å². The quantitative estimate of drug-likeness (QED) is 0.791. The maximum absolute atomic E-state index is 5.63. The van der Waals surface area contributed by atoms with Crippen LogP contribution in [0.3, 0.4) is 0 Å². The van der Waals surface area contributed by atoms with E-state index in [9.17, 15) is 0 Å². The molecule has 0 aliphatic rings. The summed E-state index contributed by atoms with van der Waals surface area (Å²) in [4.78, 5) is 4.19. The van der Waals surface area contributed by atoms with Crippen LogP contribution in [0.5, 0.6) is 5.75 Å². The van der Waals surface area contributed by atoms with E-state index in [1.165, 1.54) is 0 Å². The second-order valence-corrected chi connectivity index (χ2v) is 3.48. The van der Waals surface area contributed by atoms with Crippen molar-refractivity contribution in [2.24, 2.45) is 0 Å². The SMILES string of the molecule is CCCOc1ccccc1-c1noc(C)n1. The lowest BCUT2D eigenvalue weighted by Crippen LogP contribution is -1.97. The number of rotatable bonds is 4. The van der Waals surface area contributed by atoms with Gasteiger partial charge in [0.05, 0.1) is 12.2 Å². The van der Waals surface area contributed by atoms with Gasteiger partial charge >= 0.3 is 0 Å². The molecule has 2 aromatic rings. The smallest absolute Gasteiger partial charge is 0.223 e. The van der Waals surface area contributed by atoms with E-state index < -0.39 is 0 Å². The van der Waals surface area contributed by atoms with Crippen molar-refractivity contribution in [3.05, 3.63) is 30.2 Å². The molecule has 0 aliphatic heterocycles. The van der Waals surface area contributed by atoms with Gasteiger partial charge < -0.3 is 9.26 Å². The minimum Gasteiger partial charge on any atom is -0.493 e. The summed E-state index contributed by atoms with van der Waals surface area (Å²) in [6.07, 6.45) is 0.972. The Hall–Kier alpha value is -1.84. The summed E-state index contributed by atoms with van der Waals surface area (Å²) in [5.41, 5.74) is 0.868. The predicted octanol–water partition coefficient (Wildman–Crippen LogP) is 2.83. The van der Waals surface area contributed by atoms with Crippen LogP contribution in [-0.4, -0.2) is 16.7 Å². The first-order valence-corrected chi connectivity index (χ1v) is 5.33. The molecule has 0 unspecified atom stereocenters. The van der Waals surface area contributed by atoms with Crippen molar-refractivity contribution in [1.82, 2.24) is 10.1 Å². The van der Waals surface area contributed by atoms with Crippen LogP contribution in [0.2, 0.25) is 0 Å². The van der Waals surface area contributed by atoms with Gasteiger partial charge in [0.25, 0.3) is 0 Å². The zero-order valence-corrected chi connectivity index (χ0v) is 9.43. The summed E-state index contributed by atoms with van der Waals surface area (Å²) in [6, 6.07) is 7.70. The molecule has 0 amide bonds. The Labute approximate surface area is 94.2 Å². The Morgan fingerprint density at radius 2 is 2.12 bits per heavy atom. The number of benzene rings is 1. The van der Waals surface area contributed by atoms with Crippen LogP contribution in [0.25, 0.3) is 11.4 Å². The van der Waals surface area contributed by atoms with E-state index in [-0.39, 0.29) is 0 Å². The highest BCUT2D eigenvalue weighted by Crippen LogP contribution is 2.27. The van der Waals surface area contributed by atoms with Gasteiger partial charge in [-0.2, -0.15) is 4.98 Å². The van der Waals surface area contributed by atoms with Gasteiger partial charge in [0.1, 0.15) is 5.75 Å². The van der Waals surface area contributed by atoms with Gasteiger partial charge in [-0.05, 0) is 18.6 Å². The van der Waals surface area contributed by atoms with E-state index in [4.69, 9.17) is 9.26 Å². The number of aryl methyl sites for hydroxylation is 1. The number of nitrogens with zero attached hydrogens (tertiary/aromatic N) is 2. The van der Waals surface area contributed by atoms with Crippen molar-refractivity contribution in [3.8, 4) is 17.1 Å². The first-order chi connectivity index (χ1) is 7.81. The number of para-hydroxylation sites is 1. The lowest BCUT2D eigenvalue weighted by molar-refractivity contribution is 0.318.